The van der Waals surface area contributed by atoms with Gasteiger partial charge in [-0.1, -0.05) is 40.7 Å². The van der Waals surface area contributed by atoms with Crippen molar-refractivity contribution in [3.63, 3.8) is 0 Å². The number of nitro benzene ring substituents is 1. The lowest BCUT2D eigenvalue weighted by Gasteiger charge is -2.08. The Morgan fingerprint density at radius 3 is 2.43 bits per heavy atom. The van der Waals surface area contributed by atoms with E-state index in [1.807, 2.05) is 0 Å². The van der Waals surface area contributed by atoms with Crippen LogP contribution in [0.25, 0.3) is 0 Å². The maximum Gasteiger partial charge on any atom is 0.269 e. The second-order valence-electron chi connectivity index (χ2n) is 4.39. The standard InChI is InChI=1S/C15H15BrN2O2S/c1-2-17-10-11-3-6-14(9-15(11)16)21-13-7-4-12(5-8-13)18(19)20/h3-9,17H,2,10H2,1H3. The molecular weight excluding hydrogens is 352 g/mol. The fraction of sp³-hybridized carbons (Fsp3) is 0.200. The predicted molar refractivity (Wildman–Crippen MR) is 88.7 cm³/mol. The first-order valence-electron chi connectivity index (χ1n) is 6.51. The van der Waals surface area contributed by atoms with Gasteiger partial charge >= 0.3 is 0 Å². The van der Waals surface area contributed by atoms with Crippen molar-refractivity contribution < 1.29 is 4.92 Å². The maximum atomic E-state index is 10.6. The topological polar surface area (TPSA) is 55.2 Å². The minimum absolute atomic E-state index is 0.113. The molecule has 0 saturated heterocycles. The molecule has 0 aliphatic carbocycles. The van der Waals surface area contributed by atoms with Crippen LogP contribution < -0.4 is 5.32 Å². The van der Waals surface area contributed by atoms with Crippen LogP contribution in [0.3, 0.4) is 0 Å². The van der Waals surface area contributed by atoms with Crippen molar-refractivity contribution in [3.05, 3.63) is 62.6 Å². The fourth-order valence-corrected chi connectivity index (χ4v) is 3.29. The van der Waals surface area contributed by atoms with E-state index in [1.54, 1.807) is 23.9 Å². The molecule has 4 nitrogen and oxygen atoms in total. The van der Waals surface area contributed by atoms with E-state index in [9.17, 15) is 10.1 Å². The predicted octanol–water partition coefficient (Wildman–Crippen LogP) is 4.62. The summed E-state index contributed by atoms with van der Waals surface area (Å²) in [5.74, 6) is 0. The number of benzene rings is 2. The largest absolute Gasteiger partial charge is 0.313 e. The highest BCUT2D eigenvalue weighted by Gasteiger charge is 2.06. The Balaban J connectivity index is 2.09. The van der Waals surface area contributed by atoms with Gasteiger partial charge in [0, 0.05) is 32.9 Å². The van der Waals surface area contributed by atoms with Crippen molar-refractivity contribution in [2.45, 2.75) is 23.3 Å². The van der Waals surface area contributed by atoms with E-state index in [0.717, 1.165) is 27.4 Å². The summed E-state index contributed by atoms with van der Waals surface area (Å²) in [6.45, 7) is 3.85. The van der Waals surface area contributed by atoms with Crippen LogP contribution in [0, 0.1) is 10.1 Å². The van der Waals surface area contributed by atoms with Crippen LogP contribution >= 0.6 is 27.7 Å². The number of nitro groups is 1. The first-order valence-corrected chi connectivity index (χ1v) is 8.12. The number of nitrogens with one attached hydrogen (secondary N) is 1. The fourth-order valence-electron chi connectivity index (χ4n) is 1.77. The number of rotatable bonds is 6. The van der Waals surface area contributed by atoms with Gasteiger partial charge in [-0.2, -0.15) is 0 Å². The Kier molecular flexibility index (Phi) is 5.78. The molecule has 0 spiro atoms. The lowest BCUT2D eigenvalue weighted by molar-refractivity contribution is -0.384. The lowest BCUT2D eigenvalue weighted by Crippen LogP contribution is -2.11. The summed E-state index contributed by atoms with van der Waals surface area (Å²) >= 11 is 5.16. The van der Waals surface area contributed by atoms with Gasteiger partial charge in [0.2, 0.25) is 0 Å². The zero-order valence-corrected chi connectivity index (χ0v) is 13.9. The molecule has 2 aromatic carbocycles. The number of non-ortho nitro benzene ring substituents is 1. The molecule has 0 amide bonds. The van der Waals surface area contributed by atoms with E-state index in [0.29, 0.717) is 0 Å². The Hall–Kier alpha value is -1.37. The summed E-state index contributed by atoms with van der Waals surface area (Å²) in [5, 5.41) is 13.9. The second kappa shape index (κ2) is 7.59. The van der Waals surface area contributed by atoms with Crippen molar-refractivity contribution in [1.82, 2.24) is 5.32 Å². The SMILES string of the molecule is CCNCc1ccc(Sc2ccc([N+](=O)[O-])cc2)cc1Br. The van der Waals surface area contributed by atoms with E-state index < -0.39 is 0 Å². The van der Waals surface area contributed by atoms with Crippen LogP contribution in [-0.2, 0) is 6.54 Å². The first-order chi connectivity index (χ1) is 10.1. The molecule has 0 unspecified atom stereocenters. The summed E-state index contributed by atoms with van der Waals surface area (Å²) in [4.78, 5) is 12.3. The maximum absolute atomic E-state index is 10.6. The molecule has 2 rings (SSSR count). The molecule has 0 radical (unpaired) electrons. The molecule has 0 aliphatic heterocycles. The summed E-state index contributed by atoms with van der Waals surface area (Å²) in [5.41, 5.74) is 1.33. The van der Waals surface area contributed by atoms with Crippen molar-refractivity contribution in [2.75, 3.05) is 6.54 Å². The van der Waals surface area contributed by atoms with Gasteiger partial charge in [0.15, 0.2) is 0 Å². The van der Waals surface area contributed by atoms with Gasteiger partial charge in [0.25, 0.3) is 5.69 Å². The molecule has 2 aromatic rings. The molecular formula is C15H15BrN2O2S. The number of hydrogen-bond donors (Lipinski definition) is 1. The summed E-state index contributed by atoms with van der Waals surface area (Å²) in [7, 11) is 0. The zero-order chi connectivity index (χ0) is 15.2. The molecule has 1 N–H and O–H groups in total. The molecule has 0 atom stereocenters. The number of halogens is 1. The van der Waals surface area contributed by atoms with E-state index in [-0.39, 0.29) is 10.6 Å². The van der Waals surface area contributed by atoms with Crippen molar-refractivity contribution in [2.24, 2.45) is 0 Å². The van der Waals surface area contributed by atoms with Crippen molar-refractivity contribution >= 4 is 33.4 Å². The van der Waals surface area contributed by atoms with Crippen LogP contribution in [0.5, 0.6) is 0 Å². The normalized spacial score (nSPS) is 10.6. The highest BCUT2D eigenvalue weighted by molar-refractivity contribution is 9.10. The Labute approximate surface area is 136 Å². The van der Waals surface area contributed by atoms with Crippen molar-refractivity contribution in [3.8, 4) is 0 Å². The molecule has 21 heavy (non-hydrogen) atoms. The van der Waals surface area contributed by atoms with Gasteiger partial charge in [-0.05, 0) is 36.4 Å². The van der Waals surface area contributed by atoms with E-state index in [1.165, 1.54) is 17.7 Å². The van der Waals surface area contributed by atoms with Crippen LogP contribution in [0.15, 0.2) is 56.7 Å². The molecule has 0 fully saturated rings. The summed E-state index contributed by atoms with van der Waals surface area (Å²) in [6.07, 6.45) is 0. The quantitative estimate of drug-likeness (QED) is 0.598. The minimum atomic E-state index is -0.388. The first kappa shape index (κ1) is 16.0. The Morgan fingerprint density at radius 2 is 1.86 bits per heavy atom. The van der Waals surface area contributed by atoms with Crippen LogP contribution in [-0.4, -0.2) is 11.5 Å². The van der Waals surface area contributed by atoms with E-state index >= 15 is 0 Å². The second-order valence-corrected chi connectivity index (χ2v) is 6.39. The number of hydrogen-bond acceptors (Lipinski definition) is 4. The monoisotopic (exact) mass is 366 g/mol. The summed E-state index contributed by atoms with van der Waals surface area (Å²) in [6, 6.07) is 12.8. The van der Waals surface area contributed by atoms with Gasteiger partial charge in [-0.3, -0.25) is 10.1 Å². The molecule has 0 aromatic heterocycles. The van der Waals surface area contributed by atoms with Gasteiger partial charge in [-0.15, -0.1) is 0 Å². The molecule has 0 bridgehead atoms. The molecule has 0 saturated carbocycles. The third-order valence-corrected chi connectivity index (χ3v) is 4.61. The average molecular weight is 367 g/mol. The van der Waals surface area contributed by atoms with E-state index in [4.69, 9.17) is 0 Å². The third-order valence-electron chi connectivity index (χ3n) is 2.87. The Bertz CT molecular complexity index is 632. The minimum Gasteiger partial charge on any atom is -0.313 e. The molecule has 0 aliphatic rings. The van der Waals surface area contributed by atoms with Crippen LogP contribution in [0.1, 0.15) is 12.5 Å². The Morgan fingerprint density at radius 1 is 1.19 bits per heavy atom. The van der Waals surface area contributed by atoms with Gasteiger partial charge in [0.1, 0.15) is 0 Å². The molecule has 110 valence electrons. The smallest absolute Gasteiger partial charge is 0.269 e. The van der Waals surface area contributed by atoms with Crippen LogP contribution in [0.2, 0.25) is 0 Å². The lowest BCUT2D eigenvalue weighted by atomic mass is 10.2. The highest BCUT2D eigenvalue weighted by Crippen LogP contribution is 2.31. The average Bonchev–Trinajstić information content (AvgIpc) is 2.47. The molecule has 0 heterocycles. The number of nitrogens with zero attached hydrogens (tertiary/aromatic N) is 1. The van der Waals surface area contributed by atoms with Crippen molar-refractivity contribution in [1.29, 1.82) is 0 Å². The third kappa shape index (κ3) is 4.56. The van der Waals surface area contributed by atoms with E-state index in [2.05, 4.69) is 46.4 Å². The molecule has 6 heteroatoms. The van der Waals surface area contributed by atoms with Crippen LogP contribution in [0.4, 0.5) is 5.69 Å². The highest BCUT2D eigenvalue weighted by atomic mass is 79.9. The zero-order valence-electron chi connectivity index (χ0n) is 11.5. The summed E-state index contributed by atoms with van der Waals surface area (Å²) < 4.78 is 1.07. The van der Waals surface area contributed by atoms with Gasteiger partial charge < -0.3 is 5.32 Å². The van der Waals surface area contributed by atoms with Gasteiger partial charge in [0.05, 0.1) is 4.92 Å². The van der Waals surface area contributed by atoms with Gasteiger partial charge in [-0.25, -0.2) is 0 Å².